The highest BCUT2D eigenvalue weighted by Gasteiger charge is 2.29. The second-order valence-corrected chi connectivity index (χ2v) is 8.11. The lowest BCUT2D eigenvalue weighted by molar-refractivity contribution is -0.151. The molecular formula is C21H24FN3O4S. The fourth-order valence-electron chi connectivity index (χ4n) is 3.32. The second-order valence-electron chi connectivity index (χ2n) is 7.08. The van der Waals surface area contributed by atoms with Crippen LogP contribution in [-0.4, -0.2) is 65.9 Å². The zero-order valence-corrected chi connectivity index (χ0v) is 17.8. The number of esters is 1. The Labute approximate surface area is 178 Å². The van der Waals surface area contributed by atoms with Gasteiger partial charge in [-0.3, -0.25) is 14.4 Å². The van der Waals surface area contributed by atoms with Crippen LogP contribution in [0, 0.1) is 11.7 Å². The summed E-state index contributed by atoms with van der Waals surface area (Å²) in [6.07, 6.45) is 2.52. The van der Waals surface area contributed by atoms with Gasteiger partial charge in [0.15, 0.2) is 0 Å². The van der Waals surface area contributed by atoms with Gasteiger partial charge in [0.1, 0.15) is 15.7 Å². The van der Waals surface area contributed by atoms with E-state index in [-0.39, 0.29) is 30.2 Å². The summed E-state index contributed by atoms with van der Waals surface area (Å²) < 4.78 is 19.0. The summed E-state index contributed by atoms with van der Waals surface area (Å²) in [6.45, 7) is 2.97. The van der Waals surface area contributed by atoms with Crippen LogP contribution in [0.4, 0.5) is 4.39 Å². The van der Waals surface area contributed by atoms with Gasteiger partial charge >= 0.3 is 5.97 Å². The number of amides is 2. The first-order valence-electron chi connectivity index (χ1n) is 9.81. The Morgan fingerprint density at radius 3 is 2.63 bits per heavy atom. The molecule has 1 aliphatic rings. The highest BCUT2D eigenvalue weighted by molar-refractivity contribution is 7.16. The summed E-state index contributed by atoms with van der Waals surface area (Å²) in [6, 6.07) is 6.24. The van der Waals surface area contributed by atoms with Gasteiger partial charge in [0.25, 0.3) is 5.91 Å². The normalized spacial score (nSPS) is 14.4. The van der Waals surface area contributed by atoms with Crippen molar-refractivity contribution in [3.05, 3.63) is 41.2 Å². The van der Waals surface area contributed by atoms with Crippen molar-refractivity contribution in [1.82, 2.24) is 14.8 Å². The molecule has 1 aromatic heterocycles. The van der Waals surface area contributed by atoms with E-state index in [1.165, 1.54) is 17.2 Å². The summed E-state index contributed by atoms with van der Waals surface area (Å²) in [7, 11) is 1.55. The van der Waals surface area contributed by atoms with Crippen LogP contribution in [0.5, 0.6) is 0 Å². The summed E-state index contributed by atoms with van der Waals surface area (Å²) in [5, 5.41) is 0.414. The van der Waals surface area contributed by atoms with Crippen molar-refractivity contribution in [2.75, 3.05) is 33.3 Å². The van der Waals surface area contributed by atoms with Crippen LogP contribution in [0.3, 0.4) is 0 Å². The van der Waals surface area contributed by atoms with Crippen molar-refractivity contribution in [2.24, 2.45) is 5.92 Å². The van der Waals surface area contributed by atoms with E-state index in [1.54, 1.807) is 37.1 Å². The average molecular weight is 434 g/mol. The molecule has 7 nitrogen and oxygen atoms in total. The molecule has 3 rings (SSSR count). The Balaban J connectivity index is 1.55. The maximum atomic E-state index is 13.9. The van der Waals surface area contributed by atoms with Gasteiger partial charge in [0, 0.05) is 25.7 Å². The Morgan fingerprint density at radius 1 is 1.27 bits per heavy atom. The minimum Gasteiger partial charge on any atom is -0.466 e. The van der Waals surface area contributed by atoms with Crippen LogP contribution in [0.1, 0.15) is 29.4 Å². The van der Waals surface area contributed by atoms with Crippen molar-refractivity contribution in [3.63, 3.8) is 0 Å². The van der Waals surface area contributed by atoms with E-state index in [0.29, 0.717) is 48.0 Å². The molecule has 2 aromatic rings. The van der Waals surface area contributed by atoms with Crippen LogP contribution in [0.2, 0.25) is 0 Å². The molecule has 160 valence electrons. The van der Waals surface area contributed by atoms with Crippen molar-refractivity contribution in [2.45, 2.75) is 19.8 Å². The molecular weight excluding hydrogens is 409 g/mol. The first-order valence-corrected chi connectivity index (χ1v) is 10.6. The quantitative estimate of drug-likeness (QED) is 0.655. The fourth-order valence-corrected chi connectivity index (χ4v) is 4.26. The number of hydrogen-bond acceptors (Lipinski definition) is 6. The number of piperidine rings is 1. The molecule has 1 fully saturated rings. The van der Waals surface area contributed by atoms with Crippen molar-refractivity contribution in [1.29, 1.82) is 0 Å². The molecule has 0 atom stereocenters. The number of thiazole rings is 1. The maximum absolute atomic E-state index is 13.9. The van der Waals surface area contributed by atoms with Crippen LogP contribution >= 0.6 is 11.3 Å². The molecule has 0 aliphatic carbocycles. The zero-order chi connectivity index (χ0) is 21.7. The molecule has 0 saturated carbocycles. The van der Waals surface area contributed by atoms with E-state index in [2.05, 4.69) is 4.98 Å². The molecule has 0 radical (unpaired) electrons. The molecule has 2 amide bonds. The molecule has 1 saturated heterocycles. The lowest BCUT2D eigenvalue weighted by Crippen LogP contribution is -2.45. The fraction of sp³-hybridized carbons (Fsp3) is 0.429. The molecule has 0 bridgehead atoms. The van der Waals surface area contributed by atoms with Crippen LogP contribution < -0.4 is 0 Å². The third-order valence-electron chi connectivity index (χ3n) is 5.01. The minimum atomic E-state index is -0.402. The predicted octanol–water partition coefficient (Wildman–Crippen LogP) is 2.82. The van der Waals surface area contributed by atoms with Gasteiger partial charge in [0.2, 0.25) is 5.91 Å². The molecule has 0 N–H and O–H groups in total. The Morgan fingerprint density at radius 2 is 1.97 bits per heavy atom. The largest absolute Gasteiger partial charge is 0.466 e. The lowest BCUT2D eigenvalue weighted by Gasteiger charge is -2.32. The number of rotatable bonds is 6. The van der Waals surface area contributed by atoms with Gasteiger partial charge in [-0.05, 0) is 31.9 Å². The molecule has 1 aromatic carbocycles. The van der Waals surface area contributed by atoms with Crippen molar-refractivity contribution < 1.29 is 23.5 Å². The molecule has 9 heteroatoms. The number of hydrogen-bond donors (Lipinski definition) is 0. The monoisotopic (exact) mass is 433 g/mol. The number of ether oxygens (including phenoxy) is 1. The number of nitrogens with zero attached hydrogens (tertiary/aromatic N) is 3. The standard InChI is InChI=1S/C21H24FN3O4S/c1-3-29-21(28)14-8-10-25(11-9-14)18(26)13-24(2)20(27)17-12-23-19(30-17)15-6-4-5-7-16(15)22/h4-7,12,14H,3,8-11,13H2,1-2H3. The van der Waals surface area contributed by atoms with E-state index < -0.39 is 5.82 Å². The molecule has 0 unspecified atom stereocenters. The number of likely N-dealkylation sites (N-methyl/N-ethyl adjacent to an activating group) is 1. The maximum Gasteiger partial charge on any atom is 0.309 e. The van der Waals surface area contributed by atoms with Gasteiger partial charge in [-0.2, -0.15) is 0 Å². The summed E-state index contributed by atoms with van der Waals surface area (Å²) in [4.78, 5) is 44.6. The molecule has 0 spiro atoms. The Hall–Kier alpha value is -2.81. The third-order valence-corrected chi connectivity index (χ3v) is 6.03. The summed E-state index contributed by atoms with van der Waals surface area (Å²) in [5.41, 5.74) is 0.338. The lowest BCUT2D eigenvalue weighted by atomic mass is 9.97. The van der Waals surface area contributed by atoms with Gasteiger partial charge in [0.05, 0.1) is 25.3 Å². The highest BCUT2D eigenvalue weighted by Crippen LogP contribution is 2.28. The van der Waals surface area contributed by atoms with Gasteiger partial charge in [-0.25, -0.2) is 9.37 Å². The van der Waals surface area contributed by atoms with E-state index in [0.717, 1.165) is 11.3 Å². The average Bonchev–Trinajstić information content (AvgIpc) is 3.23. The molecule has 1 aliphatic heterocycles. The smallest absolute Gasteiger partial charge is 0.309 e. The van der Waals surface area contributed by atoms with Crippen molar-refractivity contribution in [3.8, 4) is 10.6 Å². The van der Waals surface area contributed by atoms with E-state index in [1.807, 2.05) is 0 Å². The van der Waals surface area contributed by atoms with Crippen LogP contribution in [0.25, 0.3) is 10.6 Å². The number of benzene rings is 1. The van der Waals surface area contributed by atoms with Gasteiger partial charge in [-0.1, -0.05) is 12.1 Å². The zero-order valence-electron chi connectivity index (χ0n) is 17.0. The van der Waals surface area contributed by atoms with Crippen molar-refractivity contribution >= 4 is 29.1 Å². The summed E-state index contributed by atoms with van der Waals surface area (Å²) >= 11 is 1.09. The Kier molecular flexibility index (Phi) is 7.15. The van der Waals surface area contributed by atoms with E-state index >= 15 is 0 Å². The first kappa shape index (κ1) is 21.9. The SMILES string of the molecule is CCOC(=O)C1CCN(C(=O)CN(C)C(=O)c2cnc(-c3ccccc3F)s2)CC1. The topological polar surface area (TPSA) is 79.8 Å². The number of halogens is 1. The van der Waals surface area contributed by atoms with E-state index in [9.17, 15) is 18.8 Å². The Bertz CT molecular complexity index is 924. The van der Waals surface area contributed by atoms with Crippen LogP contribution in [-0.2, 0) is 14.3 Å². The predicted molar refractivity (Wildman–Crippen MR) is 110 cm³/mol. The number of carbonyl (C=O) groups excluding carboxylic acids is 3. The number of aromatic nitrogens is 1. The van der Waals surface area contributed by atoms with Gasteiger partial charge < -0.3 is 14.5 Å². The van der Waals surface area contributed by atoms with Gasteiger partial charge in [-0.15, -0.1) is 11.3 Å². The number of carbonyl (C=O) groups is 3. The number of likely N-dealkylation sites (tertiary alicyclic amines) is 1. The molecule has 30 heavy (non-hydrogen) atoms. The third kappa shape index (κ3) is 5.02. The second kappa shape index (κ2) is 9.80. The first-order chi connectivity index (χ1) is 14.4. The summed E-state index contributed by atoms with van der Waals surface area (Å²) in [5.74, 6) is -1.31. The van der Waals surface area contributed by atoms with Crippen LogP contribution in [0.15, 0.2) is 30.5 Å². The molecule has 2 heterocycles. The van der Waals surface area contributed by atoms with E-state index in [4.69, 9.17) is 4.74 Å². The highest BCUT2D eigenvalue weighted by atomic mass is 32.1. The minimum absolute atomic E-state index is 0.0736.